The van der Waals surface area contributed by atoms with Gasteiger partial charge in [0.25, 0.3) is 15.9 Å². The van der Waals surface area contributed by atoms with Gasteiger partial charge in [-0.15, -0.1) is 0 Å². The molecule has 2 amide bonds. The number of carbonyl (C=O) groups excluding carboxylic acids is 2. The normalized spacial score (nSPS) is 18.2. The number of hydrogen-bond donors (Lipinski definition) is 2. The Labute approximate surface area is 253 Å². The van der Waals surface area contributed by atoms with E-state index in [9.17, 15) is 18.0 Å². The second-order valence-electron chi connectivity index (χ2n) is 12.9. The van der Waals surface area contributed by atoms with Crippen LogP contribution in [0, 0.1) is 24.7 Å². The van der Waals surface area contributed by atoms with Crippen molar-refractivity contribution in [3.63, 3.8) is 0 Å². The van der Waals surface area contributed by atoms with Gasteiger partial charge in [-0.25, -0.2) is 18.1 Å². The highest BCUT2D eigenvalue weighted by molar-refractivity contribution is 7.92. The maximum atomic E-state index is 13.3. The van der Waals surface area contributed by atoms with Crippen LogP contribution in [0.3, 0.4) is 0 Å². The van der Waals surface area contributed by atoms with Crippen LogP contribution in [0.2, 0.25) is 0 Å². The number of hydrogen-bond acceptors (Lipinski definition) is 7. The smallest absolute Gasteiger partial charge is 0.264 e. The van der Waals surface area contributed by atoms with Gasteiger partial charge in [-0.05, 0) is 61.4 Å². The number of piperidine rings is 1. The number of amides is 2. The molecule has 0 unspecified atom stereocenters. The van der Waals surface area contributed by atoms with E-state index in [0.717, 1.165) is 16.7 Å². The number of aromatic nitrogens is 2. The predicted octanol–water partition coefficient (Wildman–Crippen LogP) is 4.73. The van der Waals surface area contributed by atoms with Crippen molar-refractivity contribution < 1.29 is 22.7 Å². The summed E-state index contributed by atoms with van der Waals surface area (Å²) in [5.74, 6) is -0.172. The zero-order chi connectivity index (χ0) is 31.0. The van der Waals surface area contributed by atoms with Gasteiger partial charge in [0.1, 0.15) is 0 Å². The molecule has 3 aromatic rings. The zero-order valence-electron chi connectivity index (χ0n) is 25.4. The van der Waals surface area contributed by atoms with Crippen LogP contribution >= 0.6 is 0 Å². The second kappa shape index (κ2) is 11.6. The minimum atomic E-state index is -4.11. The Morgan fingerprint density at radius 1 is 1.02 bits per heavy atom. The molecule has 4 bridgehead atoms. The Morgan fingerprint density at radius 3 is 2.37 bits per heavy atom. The average Bonchev–Trinajstić information content (AvgIpc) is 2.94. The van der Waals surface area contributed by atoms with Gasteiger partial charge in [-0.1, -0.05) is 45.0 Å². The minimum Gasteiger partial charge on any atom is -0.477 e. The molecule has 1 fully saturated rings. The zero-order valence-corrected chi connectivity index (χ0v) is 26.2. The molecule has 1 saturated heterocycles. The van der Waals surface area contributed by atoms with Gasteiger partial charge in [0.05, 0.1) is 17.2 Å². The molecule has 2 aliphatic rings. The number of nitrogens with zero attached hydrogens (tertiary/aromatic N) is 3. The van der Waals surface area contributed by atoms with Crippen LogP contribution in [0.25, 0.3) is 11.3 Å². The van der Waals surface area contributed by atoms with Crippen LogP contribution in [0.1, 0.15) is 61.5 Å². The van der Waals surface area contributed by atoms with Crippen molar-refractivity contribution in [2.75, 3.05) is 31.0 Å². The van der Waals surface area contributed by atoms with E-state index < -0.39 is 15.4 Å². The number of carbonyl (C=O) groups is 2. The predicted molar refractivity (Wildman–Crippen MR) is 164 cm³/mol. The molecule has 2 aliphatic heterocycles. The third-order valence-electron chi connectivity index (χ3n) is 8.08. The summed E-state index contributed by atoms with van der Waals surface area (Å²) < 4.78 is 35.5. The Balaban J connectivity index is 1.53. The van der Waals surface area contributed by atoms with Gasteiger partial charge in [0.15, 0.2) is 0 Å². The third-order valence-corrected chi connectivity index (χ3v) is 9.41. The molecule has 11 heteroatoms. The van der Waals surface area contributed by atoms with Crippen molar-refractivity contribution in [3.8, 4) is 17.1 Å². The van der Waals surface area contributed by atoms with Gasteiger partial charge >= 0.3 is 0 Å². The van der Waals surface area contributed by atoms with E-state index in [1.54, 1.807) is 12.1 Å². The van der Waals surface area contributed by atoms with Crippen molar-refractivity contribution in [1.82, 2.24) is 20.2 Å². The van der Waals surface area contributed by atoms with Crippen molar-refractivity contribution in [2.24, 2.45) is 10.8 Å². The van der Waals surface area contributed by atoms with Gasteiger partial charge in [-0.3, -0.25) is 9.59 Å². The molecule has 10 nitrogen and oxygen atoms in total. The van der Waals surface area contributed by atoms with Gasteiger partial charge in [0.2, 0.25) is 17.7 Å². The third kappa shape index (κ3) is 6.98. The molecule has 228 valence electrons. The summed E-state index contributed by atoms with van der Waals surface area (Å²) in [6, 6.07) is 13.5. The van der Waals surface area contributed by atoms with Crippen LogP contribution < -0.4 is 14.8 Å². The highest BCUT2D eigenvalue weighted by Gasteiger charge is 2.38. The molecular formula is C32H39N5O5S. The summed E-state index contributed by atoms with van der Waals surface area (Å²) in [6.07, 6.45) is 1.71. The van der Waals surface area contributed by atoms with E-state index in [4.69, 9.17) is 4.74 Å². The number of ether oxygens (including phenoxy) is 1. The molecule has 2 N–H and O–H groups in total. The standard InChI is InChI=1S/C32H39N5O5S/c1-21-8-6-9-22(2)28(21)25-17-26-35-30(34-25)36-43(40,41)24-11-7-10-23(16-24)29(39)33-19-32(20-42-26)12-14-37(15-13-32)27(38)18-31(3,4)5/h6-11,16-17H,12-15,18-20H2,1-5H3,(H,33,39)(H,34,35,36). The van der Waals surface area contributed by atoms with Crippen LogP contribution in [0.4, 0.5) is 5.95 Å². The van der Waals surface area contributed by atoms with E-state index in [1.165, 1.54) is 18.2 Å². The molecule has 1 spiro atoms. The molecule has 1 aromatic heterocycles. The Hall–Kier alpha value is -3.99. The molecule has 0 radical (unpaired) electrons. The minimum absolute atomic E-state index is 0.0823. The summed E-state index contributed by atoms with van der Waals surface area (Å²) in [7, 11) is -4.11. The molecule has 43 heavy (non-hydrogen) atoms. The fourth-order valence-electron chi connectivity index (χ4n) is 5.64. The monoisotopic (exact) mass is 605 g/mol. The number of aryl methyl sites for hydroxylation is 2. The SMILES string of the molecule is Cc1cccc(C)c1-c1cc2nc(n1)NS(=O)(=O)c1cccc(c1)C(=O)NCC1(CCN(C(=O)CC(C)(C)C)CC1)CO2. The van der Waals surface area contributed by atoms with Gasteiger partial charge in [-0.2, -0.15) is 4.98 Å². The largest absolute Gasteiger partial charge is 0.477 e. The first-order valence-corrected chi connectivity index (χ1v) is 16.0. The van der Waals surface area contributed by atoms with E-state index in [-0.39, 0.29) is 46.1 Å². The summed E-state index contributed by atoms with van der Waals surface area (Å²) >= 11 is 0. The Morgan fingerprint density at radius 2 is 1.70 bits per heavy atom. The number of sulfonamides is 1. The van der Waals surface area contributed by atoms with Gasteiger partial charge < -0.3 is 15.0 Å². The highest BCUT2D eigenvalue weighted by Crippen LogP contribution is 2.35. The van der Waals surface area contributed by atoms with Crippen LogP contribution in [-0.4, -0.2) is 61.3 Å². The first kappa shape index (κ1) is 30.5. The Kier molecular flexibility index (Phi) is 8.22. The molecule has 0 atom stereocenters. The Bertz CT molecular complexity index is 1640. The van der Waals surface area contributed by atoms with Crippen LogP contribution in [0.5, 0.6) is 5.88 Å². The summed E-state index contributed by atoms with van der Waals surface area (Å²) in [5, 5.41) is 3.00. The molecule has 0 saturated carbocycles. The van der Waals surface area contributed by atoms with Crippen molar-refractivity contribution >= 4 is 27.8 Å². The van der Waals surface area contributed by atoms with E-state index in [1.807, 2.05) is 36.9 Å². The molecular weight excluding hydrogens is 566 g/mol. The fourth-order valence-corrected chi connectivity index (χ4v) is 6.63. The van der Waals surface area contributed by atoms with Crippen LogP contribution in [-0.2, 0) is 14.8 Å². The summed E-state index contributed by atoms with van der Waals surface area (Å²) in [4.78, 5) is 37.0. The van der Waals surface area contributed by atoms with Gasteiger partial charge in [0, 0.05) is 48.7 Å². The average molecular weight is 606 g/mol. The molecule has 2 aromatic carbocycles. The first-order valence-electron chi connectivity index (χ1n) is 14.5. The lowest BCUT2D eigenvalue weighted by Crippen LogP contribution is -2.51. The topological polar surface area (TPSA) is 131 Å². The number of anilines is 1. The van der Waals surface area contributed by atoms with E-state index in [2.05, 4.69) is 40.8 Å². The lowest BCUT2D eigenvalue weighted by atomic mass is 9.78. The quantitative estimate of drug-likeness (QED) is 0.432. The number of likely N-dealkylation sites (tertiary alicyclic amines) is 1. The molecule has 0 aliphatic carbocycles. The molecule has 3 heterocycles. The molecule has 5 rings (SSSR count). The first-order chi connectivity index (χ1) is 20.2. The number of benzene rings is 2. The van der Waals surface area contributed by atoms with Crippen molar-refractivity contribution in [3.05, 3.63) is 65.2 Å². The second-order valence-corrected chi connectivity index (χ2v) is 14.6. The van der Waals surface area contributed by atoms with Crippen molar-refractivity contribution in [1.29, 1.82) is 0 Å². The number of nitrogens with one attached hydrogen (secondary N) is 2. The highest BCUT2D eigenvalue weighted by atomic mass is 32.2. The van der Waals surface area contributed by atoms with E-state index >= 15 is 0 Å². The number of rotatable bonds is 2. The lowest BCUT2D eigenvalue weighted by molar-refractivity contribution is -0.135. The maximum Gasteiger partial charge on any atom is 0.264 e. The summed E-state index contributed by atoms with van der Waals surface area (Å²) in [5.41, 5.74) is 3.00. The fraction of sp³-hybridized carbons (Fsp3) is 0.438. The maximum absolute atomic E-state index is 13.3. The van der Waals surface area contributed by atoms with Crippen LogP contribution in [0.15, 0.2) is 53.4 Å². The lowest BCUT2D eigenvalue weighted by Gasteiger charge is -2.42. The number of fused-ring (bicyclic) bond motifs is 4. The summed E-state index contributed by atoms with van der Waals surface area (Å²) in [6.45, 7) is 11.7. The van der Waals surface area contributed by atoms with E-state index in [0.29, 0.717) is 44.6 Å². The van der Waals surface area contributed by atoms with Crippen molar-refractivity contribution in [2.45, 2.75) is 58.8 Å².